The molecule has 0 bridgehead atoms. The second-order valence-corrected chi connectivity index (χ2v) is 10.3. The van der Waals surface area contributed by atoms with Gasteiger partial charge in [0, 0.05) is 13.1 Å². The quantitative estimate of drug-likeness (QED) is 0.219. The Morgan fingerprint density at radius 1 is 0.725 bits per heavy atom. The second-order valence-electron chi connectivity index (χ2n) is 10.3. The molecule has 2 unspecified atom stereocenters. The first-order chi connectivity index (χ1) is 19.8. The maximum absolute atomic E-state index is 9.68. The summed E-state index contributed by atoms with van der Waals surface area (Å²) in [5.74, 6) is 0. The lowest BCUT2D eigenvalue weighted by Crippen LogP contribution is -2.56. The van der Waals surface area contributed by atoms with Crippen LogP contribution in [0, 0.1) is 0 Å². The molecule has 1 saturated heterocycles. The molecule has 5 aromatic rings. The van der Waals surface area contributed by atoms with Gasteiger partial charge >= 0.3 is 0 Å². The van der Waals surface area contributed by atoms with Gasteiger partial charge in [-0.15, -0.1) is 0 Å². The van der Waals surface area contributed by atoms with Crippen LogP contribution in [-0.4, -0.2) is 49.0 Å². The van der Waals surface area contributed by atoms with Crippen molar-refractivity contribution in [2.75, 3.05) is 32.9 Å². The Balaban J connectivity index is 1.46. The number of morpholine rings is 1. The summed E-state index contributed by atoms with van der Waals surface area (Å²) in [5, 5.41) is 12.0. The van der Waals surface area contributed by atoms with Crippen molar-refractivity contribution in [3.63, 3.8) is 0 Å². The Bertz CT molecular complexity index is 1410. The molecular weight excluding hydrogens is 494 g/mol. The summed E-state index contributed by atoms with van der Waals surface area (Å²) >= 11 is 0. The first-order valence-corrected chi connectivity index (χ1v) is 14.0. The molecule has 4 heteroatoms. The molecular formula is C36H35NO3. The molecule has 40 heavy (non-hydrogen) atoms. The van der Waals surface area contributed by atoms with Gasteiger partial charge in [0.05, 0.1) is 25.4 Å². The molecule has 2 atom stereocenters. The van der Waals surface area contributed by atoms with Crippen LogP contribution in [0.1, 0.15) is 28.4 Å². The molecule has 6 rings (SSSR count). The molecule has 0 amide bonds. The number of benzene rings is 5. The van der Waals surface area contributed by atoms with E-state index < -0.39 is 5.54 Å². The molecule has 0 spiro atoms. The van der Waals surface area contributed by atoms with E-state index in [-0.39, 0.29) is 25.4 Å². The highest BCUT2D eigenvalue weighted by molar-refractivity contribution is 5.83. The summed E-state index contributed by atoms with van der Waals surface area (Å²) in [6.45, 7) is 2.20. The predicted molar refractivity (Wildman–Crippen MR) is 160 cm³/mol. The van der Waals surface area contributed by atoms with E-state index in [1.54, 1.807) is 0 Å². The molecule has 1 heterocycles. The van der Waals surface area contributed by atoms with E-state index in [9.17, 15) is 5.11 Å². The normalized spacial score (nSPS) is 17.1. The predicted octanol–water partition coefficient (Wildman–Crippen LogP) is 6.58. The largest absolute Gasteiger partial charge is 0.394 e. The van der Waals surface area contributed by atoms with Gasteiger partial charge in [0.1, 0.15) is 12.2 Å². The number of ether oxygens (including phenoxy) is 2. The third kappa shape index (κ3) is 5.07. The summed E-state index contributed by atoms with van der Waals surface area (Å²) in [4.78, 5) is 2.55. The van der Waals surface area contributed by atoms with Crippen LogP contribution in [0.15, 0.2) is 133 Å². The lowest BCUT2D eigenvalue weighted by atomic mass is 9.75. The van der Waals surface area contributed by atoms with Gasteiger partial charge in [-0.2, -0.15) is 0 Å². The first-order valence-electron chi connectivity index (χ1n) is 14.0. The fourth-order valence-corrected chi connectivity index (χ4v) is 6.23. The number of fused-ring (bicyclic) bond motifs is 1. The SMILES string of the molecule is OCCOC(c1ccc2ccccc2c1)C1CN(C(c2ccccc2)(c2ccccc2)c2ccccc2)CCO1. The third-order valence-corrected chi connectivity index (χ3v) is 7.97. The minimum atomic E-state index is -0.517. The highest BCUT2D eigenvalue weighted by atomic mass is 16.5. The van der Waals surface area contributed by atoms with Crippen LogP contribution in [0.5, 0.6) is 0 Å². The molecule has 1 aliphatic rings. The van der Waals surface area contributed by atoms with E-state index in [1.807, 2.05) is 0 Å². The Labute approximate surface area is 236 Å². The van der Waals surface area contributed by atoms with E-state index in [2.05, 4.69) is 138 Å². The molecule has 202 valence electrons. The zero-order chi connectivity index (χ0) is 27.2. The van der Waals surface area contributed by atoms with Gasteiger partial charge in [0.25, 0.3) is 0 Å². The van der Waals surface area contributed by atoms with Crippen LogP contribution < -0.4 is 0 Å². The maximum atomic E-state index is 9.68. The number of aliphatic hydroxyl groups is 1. The van der Waals surface area contributed by atoms with Crippen LogP contribution >= 0.6 is 0 Å². The van der Waals surface area contributed by atoms with E-state index >= 15 is 0 Å². The van der Waals surface area contributed by atoms with Crippen LogP contribution in [-0.2, 0) is 15.0 Å². The Morgan fingerprint density at radius 2 is 1.27 bits per heavy atom. The average molecular weight is 530 g/mol. The van der Waals surface area contributed by atoms with Gasteiger partial charge in [-0.1, -0.05) is 127 Å². The summed E-state index contributed by atoms with van der Waals surface area (Å²) in [7, 11) is 0. The van der Waals surface area contributed by atoms with Crippen molar-refractivity contribution < 1.29 is 14.6 Å². The zero-order valence-electron chi connectivity index (χ0n) is 22.6. The summed E-state index contributed by atoms with van der Waals surface area (Å²) in [5.41, 5.74) is 4.19. The molecule has 0 aromatic heterocycles. The standard InChI is InChI=1S/C36H35NO3/c38-23-25-40-35(30-21-20-28-12-10-11-13-29(28)26-30)34-27-37(22-24-39-34)36(31-14-4-1-5-15-31,32-16-6-2-7-17-32)33-18-8-3-9-19-33/h1-21,26,34-35,38H,22-25,27H2. The fraction of sp³-hybridized carbons (Fsp3) is 0.222. The average Bonchev–Trinajstić information content (AvgIpc) is 3.03. The number of aliphatic hydroxyl groups excluding tert-OH is 1. The van der Waals surface area contributed by atoms with Crippen molar-refractivity contribution in [2.24, 2.45) is 0 Å². The van der Waals surface area contributed by atoms with Gasteiger partial charge in [-0.05, 0) is 39.1 Å². The Hall–Kier alpha value is -3.80. The molecule has 1 N–H and O–H groups in total. The van der Waals surface area contributed by atoms with Gasteiger partial charge in [0.15, 0.2) is 0 Å². The van der Waals surface area contributed by atoms with Crippen molar-refractivity contribution in [3.05, 3.63) is 156 Å². The zero-order valence-corrected chi connectivity index (χ0v) is 22.6. The Kier molecular flexibility index (Phi) is 8.03. The van der Waals surface area contributed by atoms with E-state index in [1.165, 1.54) is 22.1 Å². The lowest BCUT2D eigenvalue weighted by Gasteiger charge is -2.49. The van der Waals surface area contributed by atoms with E-state index in [0.29, 0.717) is 13.2 Å². The minimum Gasteiger partial charge on any atom is -0.394 e. The minimum absolute atomic E-state index is 0.0392. The van der Waals surface area contributed by atoms with Gasteiger partial charge in [0.2, 0.25) is 0 Å². The summed E-state index contributed by atoms with van der Waals surface area (Å²) < 4.78 is 12.8. The van der Waals surface area contributed by atoms with Crippen LogP contribution in [0.25, 0.3) is 10.8 Å². The number of hydrogen-bond donors (Lipinski definition) is 1. The van der Waals surface area contributed by atoms with E-state index in [0.717, 1.165) is 17.5 Å². The van der Waals surface area contributed by atoms with Crippen molar-refractivity contribution in [1.82, 2.24) is 4.90 Å². The maximum Gasteiger partial charge on any atom is 0.110 e. The number of nitrogens with zero attached hydrogens (tertiary/aromatic N) is 1. The van der Waals surface area contributed by atoms with Crippen LogP contribution in [0.2, 0.25) is 0 Å². The molecule has 5 aromatic carbocycles. The van der Waals surface area contributed by atoms with Crippen LogP contribution in [0.3, 0.4) is 0 Å². The van der Waals surface area contributed by atoms with Gasteiger partial charge in [-0.3, -0.25) is 4.90 Å². The molecule has 4 nitrogen and oxygen atoms in total. The molecule has 0 aliphatic carbocycles. The van der Waals surface area contributed by atoms with E-state index in [4.69, 9.17) is 9.47 Å². The highest BCUT2D eigenvalue weighted by Gasteiger charge is 2.45. The Morgan fingerprint density at radius 3 is 1.85 bits per heavy atom. The number of hydrogen-bond acceptors (Lipinski definition) is 4. The fourth-order valence-electron chi connectivity index (χ4n) is 6.23. The summed E-state index contributed by atoms with van der Waals surface area (Å²) in [6.07, 6.45) is -0.545. The molecule has 0 radical (unpaired) electrons. The molecule has 1 fully saturated rings. The topological polar surface area (TPSA) is 41.9 Å². The molecule has 1 aliphatic heterocycles. The van der Waals surface area contributed by atoms with Gasteiger partial charge in [-0.25, -0.2) is 0 Å². The highest BCUT2D eigenvalue weighted by Crippen LogP contribution is 2.44. The van der Waals surface area contributed by atoms with Crippen molar-refractivity contribution in [1.29, 1.82) is 0 Å². The van der Waals surface area contributed by atoms with Crippen LogP contribution in [0.4, 0.5) is 0 Å². The molecule has 0 saturated carbocycles. The second kappa shape index (κ2) is 12.2. The van der Waals surface area contributed by atoms with Crippen molar-refractivity contribution in [3.8, 4) is 0 Å². The van der Waals surface area contributed by atoms with Crippen molar-refractivity contribution >= 4 is 10.8 Å². The van der Waals surface area contributed by atoms with Gasteiger partial charge < -0.3 is 14.6 Å². The lowest BCUT2D eigenvalue weighted by molar-refractivity contribution is -0.129. The first kappa shape index (κ1) is 26.4. The third-order valence-electron chi connectivity index (χ3n) is 7.97. The monoisotopic (exact) mass is 529 g/mol. The number of rotatable bonds is 9. The van der Waals surface area contributed by atoms with Crippen molar-refractivity contribution in [2.45, 2.75) is 17.7 Å². The summed E-state index contributed by atoms with van der Waals surface area (Å²) in [6, 6.07) is 47.2. The smallest absolute Gasteiger partial charge is 0.110 e.